The quantitative estimate of drug-likeness (QED) is 0.125. The van der Waals surface area contributed by atoms with Gasteiger partial charge in [0.25, 0.3) is 0 Å². The first-order valence-corrected chi connectivity index (χ1v) is 9.53. The first-order valence-electron chi connectivity index (χ1n) is 7.95. The highest BCUT2D eigenvalue weighted by Gasteiger charge is 2.32. The summed E-state index contributed by atoms with van der Waals surface area (Å²) in [5.74, 6) is -6.94. The Morgan fingerprint density at radius 2 is 1.38 bits per heavy atom. The van der Waals surface area contributed by atoms with Crippen molar-refractivity contribution in [2.24, 2.45) is 5.73 Å². The predicted molar refractivity (Wildman–Crippen MR) is 91.6 cm³/mol. The number of hydrogen-bond donors (Lipinski definition) is 8. The number of nitrogens with one attached hydrogen (secondary N) is 2. The van der Waals surface area contributed by atoms with Crippen molar-refractivity contribution in [1.82, 2.24) is 10.4 Å². The summed E-state index contributed by atoms with van der Waals surface area (Å²) in [6, 6.07) is -4.99. The summed E-state index contributed by atoms with van der Waals surface area (Å²) in [5.41, 5.74) is 5.41. The molecule has 9 N–H and O–H groups in total. The van der Waals surface area contributed by atoms with Crippen molar-refractivity contribution in [3.63, 3.8) is 0 Å². The number of aliphatic carboxylic acids is 4. The van der Waals surface area contributed by atoms with E-state index in [9.17, 15) is 33.4 Å². The number of carboxylic acids is 4. The fourth-order valence-corrected chi connectivity index (χ4v) is 2.84. The molecule has 0 rings (SSSR count). The van der Waals surface area contributed by atoms with Gasteiger partial charge in [0.05, 0.1) is 12.6 Å². The summed E-state index contributed by atoms with van der Waals surface area (Å²) in [4.78, 5) is 64.5. The first-order chi connectivity index (χ1) is 13.2. The molecule has 0 aromatic heterocycles. The molecule has 0 aliphatic carbocycles. The molecule has 0 radical (unpaired) electrons. The van der Waals surface area contributed by atoms with Crippen LogP contribution in [-0.4, -0.2) is 79.8 Å². The lowest BCUT2D eigenvalue weighted by atomic mass is 10.1. The predicted octanol–water partition coefficient (Wildman–Crippen LogP) is -2.23. The van der Waals surface area contributed by atoms with E-state index in [4.69, 9.17) is 26.2 Å². The smallest absolute Gasteiger partial charge is 0.403 e. The lowest BCUT2D eigenvalue weighted by Gasteiger charge is -2.21. The highest BCUT2D eigenvalue weighted by atomic mass is 31.2. The Morgan fingerprint density at radius 1 is 0.897 bits per heavy atom. The molecule has 0 bridgehead atoms. The molecule has 0 heterocycles. The second-order valence-electron chi connectivity index (χ2n) is 5.71. The maximum absolute atomic E-state index is 11.9. The molecule has 0 aliphatic rings. The fourth-order valence-electron chi connectivity index (χ4n) is 1.78. The van der Waals surface area contributed by atoms with Gasteiger partial charge in [-0.2, -0.15) is 0 Å². The third kappa shape index (κ3) is 11.8. The van der Waals surface area contributed by atoms with Gasteiger partial charge >= 0.3 is 31.6 Å². The molecule has 1 amide bonds. The van der Waals surface area contributed by atoms with Crippen molar-refractivity contribution in [1.29, 1.82) is 0 Å². The highest BCUT2D eigenvalue weighted by Crippen LogP contribution is 2.38. The summed E-state index contributed by atoms with van der Waals surface area (Å²) >= 11 is 0. The van der Waals surface area contributed by atoms with Gasteiger partial charge in [-0.1, -0.05) is 0 Å². The molecule has 0 aliphatic heterocycles. The van der Waals surface area contributed by atoms with E-state index in [2.05, 4.69) is 4.52 Å². The molecule has 0 saturated heterocycles. The lowest BCUT2D eigenvalue weighted by molar-refractivity contribution is -0.143. The topological polar surface area (TPSA) is 263 Å². The second kappa shape index (κ2) is 12.1. The van der Waals surface area contributed by atoms with Gasteiger partial charge in [0.2, 0.25) is 5.91 Å². The lowest BCUT2D eigenvalue weighted by Crippen LogP contribution is -2.50. The van der Waals surface area contributed by atoms with Crippen LogP contribution in [0.2, 0.25) is 0 Å². The minimum absolute atomic E-state index is 0.293. The van der Waals surface area contributed by atoms with Crippen LogP contribution in [0, 0.1) is 0 Å². The zero-order valence-corrected chi connectivity index (χ0v) is 15.8. The highest BCUT2D eigenvalue weighted by molar-refractivity contribution is 7.50. The zero-order chi connectivity index (χ0) is 22.8. The molecule has 16 heteroatoms. The average Bonchev–Trinajstić information content (AvgIpc) is 2.58. The second-order valence-corrected chi connectivity index (χ2v) is 7.26. The van der Waals surface area contributed by atoms with Gasteiger partial charge in [-0.05, 0) is 12.8 Å². The van der Waals surface area contributed by atoms with Gasteiger partial charge < -0.3 is 36.4 Å². The van der Waals surface area contributed by atoms with E-state index in [1.54, 1.807) is 5.09 Å². The first kappa shape index (κ1) is 26.4. The van der Waals surface area contributed by atoms with E-state index >= 15 is 0 Å². The van der Waals surface area contributed by atoms with Crippen LogP contribution in [0.25, 0.3) is 0 Å². The van der Waals surface area contributed by atoms with Gasteiger partial charge in [0.15, 0.2) is 6.04 Å². The summed E-state index contributed by atoms with van der Waals surface area (Å²) in [7, 11) is -4.90. The molecule has 0 saturated carbocycles. The van der Waals surface area contributed by atoms with E-state index in [1.165, 1.54) is 0 Å². The SMILES string of the molecule is N[C@@H](CCC(=O)O)C(=O)N[C@@H](COP(=O)(O)N[C@@H](CCC(=O)O)C(=O)O)C(=O)O. The van der Waals surface area contributed by atoms with Crippen LogP contribution < -0.4 is 16.1 Å². The number of nitrogens with two attached hydrogens (primary N) is 1. The maximum atomic E-state index is 11.9. The van der Waals surface area contributed by atoms with Crippen molar-refractivity contribution in [2.75, 3.05) is 6.61 Å². The van der Waals surface area contributed by atoms with Crippen LogP contribution in [0.15, 0.2) is 0 Å². The van der Waals surface area contributed by atoms with E-state index in [0.717, 1.165) is 0 Å². The zero-order valence-electron chi connectivity index (χ0n) is 14.9. The molecule has 1 unspecified atom stereocenters. The van der Waals surface area contributed by atoms with Crippen LogP contribution in [-0.2, 0) is 33.1 Å². The standard InChI is InChI=1S/C13H22N3O12P/c14-6(1-3-9(17)18)11(21)15-8(13(24)25)5-28-29(26,27)16-7(12(22)23)2-4-10(19)20/h6-8H,1-5,14H2,(H,15,21)(H,17,18)(H,19,20)(H,22,23)(H,24,25)(H2,16,26,27)/t6-,7-,8-/m0/s1. The van der Waals surface area contributed by atoms with Crippen LogP contribution in [0.5, 0.6) is 0 Å². The van der Waals surface area contributed by atoms with Crippen LogP contribution >= 0.6 is 7.75 Å². The van der Waals surface area contributed by atoms with E-state index < -0.39 is 81.5 Å². The van der Waals surface area contributed by atoms with E-state index in [0.29, 0.717) is 0 Å². The van der Waals surface area contributed by atoms with Gasteiger partial charge in [0, 0.05) is 12.8 Å². The van der Waals surface area contributed by atoms with E-state index in [-0.39, 0.29) is 6.42 Å². The number of carbonyl (C=O) groups excluding carboxylic acids is 1. The Hall–Kier alpha value is -2.58. The molecule has 29 heavy (non-hydrogen) atoms. The summed E-state index contributed by atoms with van der Waals surface area (Å²) in [6.45, 7) is -1.07. The number of amides is 1. The van der Waals surface area contributed by atoms with Crippen molar-refractivity contribution >= 4 is 37.5 Å². The molecule has 166 valence electrons. The summed E-state index contributed by atoms with van der Waals surface area (Å²) in [6.07, 6.45) is -1.94. The average molecular weight is 443 g/mol. The van der Waals surface area contributed by atoms with Crippen molar-refractivity contribution < 1.29 is 58.4 Å². The van der Waals surface area contributed by atoms with E-state index in [1.807, 2.05) is 5.32 Å². The number of hydrogen-bond acceptors (Lipinski definition) is 8. The Kier molecular flexibility index (Phi) is 11.0. The third-order valence-corrected chi connectivity index (χ3v) is 4.44. The maximum Gasteiger partial charge on any atom is 0.403 e. The largest absolute Gasteiger partial charge is 0.481 e. The van der Waals surface area contributed by atoms with Gasteiger partial charge in [0.1, 0.15) is 6.04 Å². The van der Waals surface area contributed by atoms with Crippen molar-refractivity contribution in [3.8, 4) is 0 Å². The molecular formula is C13H22N3O12P. The van der Waals surface area contributed by atoms with Crippen molar-refractivity contribution in [3.05, 3.63) is 0 Å². The molecule has 4 atom stereocenters. The molecule has 0 spiro atoms. The molecule has 0 fully saturated rings. The normalized spacial score (nSPS) is 16.1. The molecule has 0 aromatic carbocycles. The number of rotatable bonds is 15. The summed E-state index contributed by atoms with van der Waals surface area (Å²) in [5, 5.41) is 38.6. The third-order valence-electron chi connectivity index (χ3n) is 3.30. The molecule has 0 aromatic rings. The minimum atomic E-state index is -4.90. The van der Waals surface area contributed by atoms with Gasteiger partial charge in [-0.3, -0.25) is 23.7 Å². The Labute approximate surface area is 163 Å². The van der Waals surface area contributed by atoms with Crippen LogP contribution in [0.1, 0.15) is 25.7 Å². The molecule has 15 nitrogen and oxygen atoms in total. The van der Waals surface area contributed by atoms with Gasteiger partial charge in [-0.25, -0.2) is 14.4 Å². The Morgan fingerprint density at radius 3 is 1.83 bits per heavy atom. The van der Waals surface area contributed by atoms with Crippen LogP contribution in [0.3, 0.4) is 0 Å². The fraction of sp³-hybridized carbons (Fsp3) is 0.615. The van der Waals surface area contributed by atoms with Gasteiger partial charge in [-0.15, -0.1) is 0 Å². The Balaban J connectivity index is 4.87. The Bertz CT molecular complexity index is 684. The minimum Gasteiger partial charge on any atom is -0.481 e. The number of carbonyl (C=O) groups is 5. The monoisotopic (exact) mass is 443 g/mol. The van der Waals surface area contributed by atoms with Crippen LogP contribution in [0.4, 0.5) is 0 Å². The summed E-state index contributed by atoms with van der Waals surface area (Å²) < 4.78 is 16.4. The van der Waals surface area contributed by atoms with Crippen molar-refractivity contribution in [2.45, 2.75) is 43.8 Å². The molecular weight excluding hydrogens is 421 g/mol. The number of carboxylic acid groups (broad SMARTS) is 4.